The van der Waals surface area contributed by atoms with E-state index < -0.39 is 0 Å². The quantitative estimate of drug-likeness (QED) is 0.806. The topological polar surface area (TPSA) is 26.0 Å². The average Bonchev–Trinajstić information content (AvgIpc) is 2.17. The Labute approximate surface area is 87.8 Å². The highest BCUT2D eigenvalue weighted by Crippen LogP contribution is 2.21. The predicted octanol–water partition coefficient (Wildman–Crippen LogP) is 3.27. The zero-order chi connectivity index (χ0) is 9.84. The van der Waals surface area contributed by atoms with Crippen molar-refractivity contribution in [3.05, 3.63) is 47.0 Å². The third-order valence-electron chi connectivity index (χ3n) is 2.19. The minimum Gasteiger partial charge on any atom is -0.323 e. The molecule has 13 heavy (non-hydrogen) atoms. The van der Waals surface area contributed by atoms with Gasteiger partial charge >= 0.3 is 0 Å². The van der Waals surface area contributed by atoms with Crippen molar-refractivity contribution in [1.82, 2.24) is 0 Å². The lowest BCUT2D eigenvalue weighted by Gasteiger charge is -2.16. The zero-order valence-electron chi connectivity index (χ0n) is 7.70. The van der Waals surface area contributed by atoms with E-state index in [4.69, 9.17) is 5.73 Å². The number of hydrogen-bond donors (Lipinski definition) is 1. The van der Waals surface area contributed by atoms with E-state index in [1.807, 2.05) is 30.3 Å². The van der Waals surface area contributed by atoms with Gasteiger partial charge in [-0.1, -0.05) is 41.1 Å². The Hall–Kier alpha value is -0.600. The monoisotopic (exact) mass is 239 g/mol. The molecule has 1 aromatic rings. The minimum atomic E-state index is 0.0469. The molecular formula is C11H14BrN. The first-order chi connectivity index (χ1) is 6.15. The van der Waals surface area contributed by atoms with Crippen molar-refractivity contribution in [2.45, 2.75) is 13.0 Å². The second-order valence-corrected chi connectivity index (χ2v) is 4.09. The first kappa shape index (κ1) is 10.5. The SMILES string of the molecule is C=C[C@H](C)C(N)c1ccc(Br)cc1. The van der Waals surface area contributed by atoms with Gasteiger partial charge in [0.05, 0.1) is 0 Å². The van der Waals surface area contributed by atoms with Gasteiger partial charge in [-0.05, 0) is 23.6 Å². The second-order valence-electron chi connectivity index (χ2n) is 3.17. The van der Waals surface area contributed by atoms with Crippen LogP contribution >= 0.6 is 15.9 Å². The molecule has 0 aliphatic carbocycles. The molecule has 0 bridgehead atoms. The van der Waals surface area contributed by atoms with Gasteiger partial charge in [-0.15, -0.1) is 6.58 Å². The minimum absolute atomic E-state index is 0.0469. The van der Waals surface area contributed by atoms with Crippen molar-refractivity contribution >= 4 is 15.9 Å². The van der Waals surface area contributed by atoms with Crippen LogP contribution in [0.25, 0.3) is 0 Å². The summed E-state index contributed by atoms with van der Waals surface area (Å²) < 4.78 is 1.08. The van der Waals surface area contributed by atoms with Gasteiger partial charge in [0.25, 0.3) is 0 Å². The van der Waals surface area contributed by atoms with E-state index in [1.54, 1.807) is 0 Å². The number of hydrogen-bond acceptors (Lipinski definition) is 1. The van der Waals surface area contributed by atoms with E-state index in [-0.39, 0.29) is 6.04 Å². The third-order valence-corrected chi connectivity index (χ3v) is 2.72. The maximum absolute atomic E-state index is 6.01. The van der Waals surface area contributed by atoms with Gasteiger partial charge in [0.2, 0.25) is 0 Å². The van der Waals surface area contributed by atoms with E-state index >= 15 is 0 Å². The molecule has 70 valence electrons. The molecule has 0 aliphatic rings. The van der Waals surface area contributed by atoms with Crippen LogP contribution in [-0.4, -0.2) is 0 Å². The highest BCUT2D eigenvalue weighted by molar-refractivity contribution is 9.10. The van der Waals surface area contributed by atoms with Crippen LogP contribution in [-0.2, 0) is 0 Å². The fraction of sp³-hybridized carbons (Fsp3) is 0.273. The van der Waals surface area contributed by atoms with Crippen molar-refractivity contribution in [2.75, 3.05) is 0 Å². The molecule has 0 saturated carbocycles. The summed E-state index contributed by atoms with van der Waals surface area (Å²) >= 11 is 3.39. The van der Waals surface area contributed by atoms with Crippen LogP contribution in [0.3, 0.4) is 0 Å². The highest BCUT2D eigenvalue weighted by Gasteiger charge is 2.10. The summed E-state index contributed by atoms with van der Waals surface area (Å²) in [4.78, 5) is 0. The average molecular weight is 240 g/mol. The predicted molar refractivity (Wildman–Crippen MR) is 60.4 cm³/mol. The van der Waals surface area contributed by atoms with E-state index in [0.29, 0.717) is 5.92 Å². The largest absolute Gasteiger partial charge is 0.323 e. The molecule has 2 N–H and O–H groups in total. The van der Waals surface area contributed by atoms with Gasteiger partial charge in [-0.3, -0.25) is 0 Å². The summed E-state index contributed by atoms with van der Waals surface area (Å²) in [5.74, 6) is 0.307. The fourth-order valence-corrected chi connectivity index (χ4v) is 1.40. The Morgan fingerprint density at radius 2 is 1.92 bits per heavy atom. The van der Waals surface area contributed by atoms with Crippen LogP contribution in [0.5, 0.6) is 0 Å². The molecular weight excluding hydrogens is 226 g/mol. The van der Waals surface area contributed by atoms with Crippen LogP contribution in [0.2, 0.25) is 0 Å². The number of rotatable bonds is 3. The van der Waals surface area contributed by atoms with Crippen LogP contribution in [0.4, 0.5) is 0 Å². The third kappa shape index (κ3) is 2.68. The Balaban J connectivity index is 2.82. The molecule has 0 heterocycles. The van der Waals surface area contributed by atoms with Gasteiger partial charge in [-0.2, -0.15) is 0 Å². The lowest BCUT2D eigenvalue weighted by atomic mass is 9.96. The lowest BCUT2D eigenvalue weighted by Crippen LogP contribution is -2.17. The van der Waals surface area contributed by atoms with Gasteiger partial charge in [0, 0.05) is 10.5 Å². The summed E-state index contributed by atoms with van der Waals surface area (Å²) in [5, 5.41) is 0. The fourth-order valence-electron chi connectivity index (χ4n) is 1.14. The van der Waals surface area contributed by atoms with Crippen LogP contribution in [0, 0.1) is 5.92 Å². The highest BCUT2D eigenvalue weighted by atomic mass is 79.9. The summed E-state index contributed by atoms with van der Waals surface area (Å²) in [6.07, 6.45) is 1.88. The summed E-state index contributed by atoms with van der Waals surface area (Å²) in [7, 11) is 0. The maximum atomic E-state index is 6.01. The van der Waals surface area contributed by atoms with E-state index in [2.05, 4.69) is 29.4 Å². The molecule has 0 aromatic heterocycles. The second kappa shape index (κ2) is 4.58. The van der Waals surface area contributed by atoms with E-state index in [0.717, 1.165) is 10.0 Å². The standard InChI is InChI=1S/C11H14BrN/c1-3-8(2)11(13)9-4-6-10(12)7-5-9/h3-8,11H,1,13H2,2H3/t8-,11?/m0/s1. The van der Waals surface area contributed by atoms with Crippen molar-refractivity contribution < 1.29 is 0 Å². The normalized spacial score (nSPS) is 15.0. The van der Waals surface area contributed by atoms with Gasteiger partial charge < -0.3 is 5.73 Å². The molecule has 0 fully saturated rings. The van der Waals surface area contributed by atoms with Crippen molar-refractivity contribution in [3.63, 3.8) is 0 Å². The zero-order valence-corrected chi connectivity index (χ0v) is 9.29. The number of nitrogens with two attached hydrogens (primary N) is 1. The van der Waals surface area contributed by atoms with Gasteiger partial charge in [0.1, 0.15) is 0 Å². The van der Waals surface area contributed by atoms with Crippen LogP contribution < -0.4 is 5.73 Å². The molecule has 0 aliphatic heterocycles. The number of halogens is 1. The smallest absolute Gasteiger partial charge is 0.0355 e. The van der Waals surface area contributed by atoms with E-state index in [1.165, 1.54) is 0 Å². The first-order valence-corrected chi connectivity index (χ1v) is 5.08. The molecule has 2 heteroatoms. The van der Waals surface area contributed by atoms with Crippen molar-refractivity contribution in [3.8, 4) is 0 Å². The van der Waals surface area contributed by atoms with E-state index in [9.17, 15) is 0 Å². The Morgan fingerprint density at radius 1 is 1.38 bits per heavy atom. The molecule has 0 spiro atoms. The summed E-state index contributed by atoms with van der Waals surface area (Å²) in [6.45, 7) is 5.80. The Morgan fingerprint density at radius 3 is 2.38 bits per heavy atom. The molecule has 1 nitrogen and oxygen atoms in total. The summed E-state index contributed by atoms with van der Waals surface area (Å²) in [6, 6.07) is 8.13. The lowest BCUT2D eigenvalue weighted by molar-refractivity contribution is 0.568. The molecule has 1 unspecified atom stereocenters. The van der Waals surface area contributed by atoms with Crippen molar-refractivity contribution in [2.24, 2.45) is 11.7 Å². The molecule has 1 rings (SSSR count). The molecule has 2 atom stereocenters. The van der Waals surface area contributed by atoms with Gasteiger partial charge in [0.15, 0.2) is 0 Å². The molecule has 0 saturated heterocycles. The number of benzene rings is 1. The maximum Gasteiger partial charge on any atom is 0.0355 e. The molecule has 1 aromatic carbocycles. The van der Waals surface area contributed by atoms with Crippen molar-refractivity contribution in [1.29, 1.82) is 0 Å². The van der Waals surface area contributed by atoms with Crippen LogP contribution in [0.1, 0.15) is 18.5 Å². The van der Waals surface area contributed by atoms with Gasteiger partial charge in [-0.25, -0.2) is 0 Å². The summed E-state index contributed by atoms with van der Waals surface area (Å²) in [5.41, 5.74) is 7.16. The molecule has 0 amide bonds. The Bertz CT molecular complexity index is 279. The Kier molecular flexibility index (Phi) is 3.70. The van der Waals surface area contributed by atoms with Crippen LogP contribution in [0.15, 0.2) is 41.4 Å². The first-order valence-electron chi connectivity index (χ1n) is 4.28. The molecule has 0 radical (unpaired) electrons.